The van der Waals surface area contributed by atoms with Crippen LogP contribution in [0.1, 0.15) is 19.7 Å². The van der Waals surface area contributed by atoms with E-state index in [9.17, 15) is 4.79 Å². The molecule has 0 bridgehead atoms. The molecule has 5 heteroatoms. The molecule has 96 valence electrons. The fourth-order valence-corrected chi connectivity index (χ4v) is 1.80. The van der Waals surface area contributed by atoms with Gasteiger partial charge in [-0.2, -0.15) is 0 Å². The molecule has 2 aromatic rings. The fraction of sp³-hybridized carbons (Fsp3) is 0.385. The van der Waals surface area contributed by atoms with Crippen molar-refractivity contribution in [3.8, 4) is 11.5 Å². The second kappa shape index (κ2) is 5.08. The van der Waals surface area contributed by atoms with Crippen molar-refractivity contribution >= 4 is 10.9 Å². The Morgan fingerprint density at radius 3 is 2.39 bits per heavy atom. The molecule has 0 amide bonds. The van der Waals surface area contributed by atoms with Crippen molar-refractivity contribution < 1.29 is 9.47 Å². The maximum atomic E-state index is 11.8. The first-order valence-electron chi connectivity index (χ1n) is 5.96. The second-order valence-corrected chi connectivity index (χ2v) is 3.83. The van der Waals surface area contributed by atoms with Crippen molar-refractivity contribution in [2.24, 2.45) is 0 Å². The van der Waals surface area contributed by atoms with Gasteiger partial charge in [0.25, 0.3) is 5.56 Å². The number of fused-ring (bicyclic) bond motifs is 1. The van der Waals surface area contributed by atoms with Crippen LogP contribution < -0.4 is 15.0 Å². The van der Waals surface area contributed by atoms with E-state index >= 15 is 0 Å². The highest BCUT2D eigenvalue weighted by Crippen LogP contribution is 2.30. The topological polar surface area (TPSA) is 64.2 Å². The van der Waals surface area contributed by atoms with Crippen LogP contribution in [-0.2, 0) is 0 Å². The maximum Gasteiger partial charge on any atom is 0.258 e. The van der Waals surface area contributed by atoms with Gasteiger partial charge in [-0.3, -0.25) is 4.79 Å². The van der Waals surface area contributed by atoms with E-state index in [1.54, 1.807) is 19.1 Å². The molecule has 0 spiro atoms. The van der Waals surface area contributed by atoms with Gasteiger partial charge in [-0.05, 0) is 26.8 Å². The van der Waals surface area contributed by atoms with Crippen molar-refractivity contribution in [3.05, 3.63) is 28.3 Å². The van der Waals surface area contributed by atoms with Gasteiger partial charge in [0.05, 0.1) is 24.1 Å². The number of H-pyrrole nitrogens is 1. The molecule has 2 rings (SSSR count). The monoisotopic (exact) mass is 248 g/mol. The van der Waals surface area contributed by atoms with Crippen LogP contribution in [0.4, 0.5) is 0 Å². The lowest BCUT2D eigenvalue weighted by Gasteiger charge is -2.11. The molecule has 5 nitrogen and oxygen atoms in total. The van der Waals surface area contributed by atoms with E-state index in [1.807, 2.05) is 13.8 Å². The van der Waals surface area contributed by atoms with Crippen molar-refractivity contribution in [2.45, 2.75) is 20.8 Å². The highest BCUT2D eigenvalue weighted by atomic mass is 16.5. The Hall–Kier alpha value is -2.04. The van der Waals surface area contributed by atoms with Crippen molar-refractivity contribution in [2.75, 3.05) is 13.2 Å². The summed E-state index contributed by atoms with van der Waals surface area (Å²) in [5, 5.41) is 0.507. The van der Waals surface area contributed by atoms with Crippen LogP contribution >= 0.6 is 0 Å². The van der Waals surface area contributed by atoms with E-state index in [2.05, 4.69) is 9.97 Å². The number of aromatic nitrogens is 2. The van der Waals surface area contributed by atoms with E-state index in [0.717, 1.165) is 0 Å². The largest absolute Gasteiger partial charge is 0.490 e. The molecule has 1 N–H and O–H groups in total. The minimum Gasteiger partial charge on any atom is -0.490 e. The van der Waals surface area contributed by atoms with Gasteiger partial charge in [-0.25, -0.2) is 4.98 Å². The SMILES string of the molecule is CCOc1cc2nc(C)[nH]c(=O)c2cc1OCC. The fourth-order valence-electron chi connectivity index (χ4n) is 1.80. The normalized spacial score (nSPS) is 10.6. The van der Waals surface area contributed by atoms with E-state index in [-0.39, 0.29) is 5.56 Å². The summed E-state index contributed by atoms with van der Waals surface area (Å²) < 4.78 is 11.0. The minimum atomic E-state index is -0.165. The molecular formula is C13H16N2O3. The zero-order valence-corrected chi connectivity index (χ0v) is 10.7. The molecule has 1 aromatic heterocycles. The Labute approximate surface area is 105 Å². The van der Waals surface area contributed by atoms with Gasteiger partial charge in [0.1, 0.15) is 5.82 Å². The number of aryl methyl sites for hydroxylation is 1. The first-order chi connectivity index (χ1) is 8.65. The van der Waals surface area contributed by atoms with Crippen LogP contribution in [0.15, 0.2) is 16.9 Å². The summed E-state index contributed by atoms with van der Waals surface area (Å²) in [5.41, 5.74) is 0.449. The van der Waals surface area contributed by atoms with Gasteiger partial charge in [0.15, 0.2) is 11.5 Å². The number of benzene rings is 1. The van der Waals surface area contributed by atoms with Gasteiger partial charge >= 0.3 is 0 Å². The third-order valence-corrected chi connectivity index (χ3v) is 2.49. The summed E-state index contributed by atoms with van der Waals surface area (Å²) in [6.45, 7) is 6.59. The van der Waals surface area contributed by atoms with E-state index < -0.39 is 0 Å². The standard InChI is InChI=1S/C13H16N2O3/c1-4-17-11-6-9-10(7-12(11)18-5-2)14-8(3)15-13(9)16/h6-7H,4-5H2,1-3H3,(H,14,15,16). The Morgan fingerprint density at radius 1 is 1.17 bits per heavy atom. The first kappa shape index (κ1) is 12.4. The molecule has 0 fully saturated rings. The van der Waals surface area contributed by atoms with Gasteiger partial charge in [-0.1, -0.05) is 0 Å². The third kappa shape index (κ3) is 2.30. The number of hydrogen-bond donors (Lipinski definition) is 1. The number of aromatic amines is 1. The predicted molar refractivity (Wildman–Crippen MR) is 69.4 cm³/mol. The van der Waals surface area contributed by atoms with E-state index in [0.29, 0.717) is 41.4 Å². The van der Waals surface area contributed by atoms with Crippen LogP contribution in [0.5, 0.6) is 11.5 Å². The summed E-state index contributed by atoms with van der Waals surface area (Å²) in [7, 11) is 0. The highest BCUT2D eigenvalue weighted by Gasteiger charge is 2.10. The van der Waals surface area contributed by atoms with E-state index in [1.165, 1.54) is 0 Å². The molecule has 1 heterocycles. The van der Waals surface area contributed by atoms with E-state index in [4.69, 9.17) is 9.47 Å². The van der Waals surface area contributed by atoms with Gasteiger partial charge < -0.3 is 14.5 Å². The molecule has 0 aliphatic rings. The van der Waals surface area contributed by atoms with Gasteiger partial charge in [0, 0.05) is 6.07 Å². The summed E-state index contributed by atoms with van der Waals surface area (Å²) in [4.78, 5) is 18.8. The van der Waals surface area contributed by atoms with Crippen LogP contribution in [0.2, 0.25) is 0 Å². The molecule has 0 aliphatic carbocycles. The average molecular weight is 248 g/mol. The van der Waals surface area contributed by atoms with Crippen molar-refractivity contribution in [3.63, 3.8) is 0 Å². The molecule has 0 saturated heterocycles. The van der Waals surface area contributed by atoms with Gasteiger partial charge in [0.2, 0.25) is 0 Å². The van der Waals surface area contributed by atoms with Crippen LogP contribution in [-0.4, -0.2) is 23.2 Å². The summed E-state index contributed by atoms with van der Waals surface area (Å²) in [6.07, 6.45) is 0. The van der Waals surface area contributed by atoms with Crippen LogP contribution in [0, 0.1) is 6.92 Å². The first-order valence-corrected chi connectivity index (χ1v) is 5.96. The smallest absolute Gasteiger partial charge is 0.258 e. The maximum absolute atomic E-state index is 11.8. The summed E-state index contributed by atoms with van der Waals surface area (Å²) >= 11 is 0. The molecule has 0 aliphatic heterocycles. The van der Waals surface area contributed by atoms with Crippen molar-refractivity contribution in [1.29, 1.82) is 0 Å². The zero-order valence-electron chi connectivity index (χ0n) is 10.7. The number of nitrogens with zero attached hydrogens (tertiary/aromatic N) is 1. The Morgan fingerprint density at radius 2 is 1.78 bits per heavy atom. The average Bonchev–Trinajstić information content (AvgIpc) is 2.31. The molecular weight excluding hydrogens is 232 g/mol. The zero-order chi connectivity index (χ0) is 13.1. The lowest BCUT2D eigenvalue weighted by atomic mass is 10.2. The third-order valence-electron chi connectivity index (χ3n) is 2.49. The molecule has 0 unspecified atom stereocenters. The summed E-state index contributed by atoms with van der Waals surface area (Å²) in [5.74, 6) is 1.77. The lowest BCUT2D eigenvalue weighted by Crippen LogP contribution is -2.10. The molecule has 18 heavy (non-hydrogen) atoms. The molecule has 0 radical (unpaired) electrons. The molecule has 0 saturated carbocycles. The quantitative estimate of drug-likeness (QED) is 0.899. The number of hydrogen-bond acceptors (Lipinski definition) is 4. The summed E-state index contributed by atoms with van der Waals surface area (Å²) in [6, 6.07) is 3.42. The number of rotatable bonds is 4. The number of ether oxygens (including phenoxy) is 2. The Balaban J connectivity index is 2.67. The lowest BCUT2D eigenvalue weighted by molar-refractivity contribution is 0.288. The van der Waals surface area contributed by atoms with Crippen molar-refractivity contribution in [1.82, 2.24) is 9.97 Å². The Bertz CT molecular complexity index is 619. The Kier molecular flexibility index (Phi) is 3.50. The van der Waals surface area contributed by atoms with Crippen LogP contribution in [0.3, 0.4) is 0 Å². The molecule has 0 atom stereocenters. The molecule has 1 aromatic carbocycles. The highest BCUT2D eigenvalue weighted by molar-refractivity contribution is 5.81. The van der Waals surface area contributed by atoms with Gasteiger partial charge in [-0.15, -0.1) is 0 Å². The minimum absolute atomic E-state index is 0.165. The number of nitrogens with one attached hydrogen (secondary N) is 1. The van der Waals surface area contributed by atoms with Crippen LogP contribution in [0.25, 0.3) is 10.9 Å². The second-order valence-electron chi connectivity index (χ2n) is 3.83. The predicted octanol–water partition coefficient (Wildman–Crippen LogP) is 2.03.